The van der Waals surface area contributed by atoms with Crippen LogP contribution in [0.3, 0.4) is 0 Å². The van der Waals surface area contributed by atoms with Crippen molar-refractivity contribution >= 4 is 6.08 Å². The lowest BCUT2D eigenvalue weighted by Gasteiger charge is -1.95. The zero-order valence-corrected chi connectivity index (χ0v) is 8.62. The summed E-state index contributed by atoms with van der Waals surface area (Å²) in [6.07, 6.45) is 1.70. The Kier molecular flexibility index (Phi) is 5.90. The Morgan fingerprint density at radius 1 is 1.31 bits per heavy atom. The predicted molar refractivity (Wildman–Crippen MR) is 58.6 cm³/mol. The lowest BCUT2D eigenvalue weighted by molar-refractivity contribution is 0.216. The van der Waals surface area contributed by atoms with Gasteiger partial charge in [0.2, 0.25) is 0 Å². The molecule has 0 bridgehead atoms. The van der Waals surface area contributed by atoms with Gasteiger partial charge in [0.1, 0.15) is 0 Å². The van der Waals surface area contributed by atoms with E-state index in [0.29, 0.717) is 0 Å². The maximum absolute atomic E-state index is 8.06. The average Bonchev–Trinajstić information content (AvgIpc) is 2.04. The third-order valence-electron chi connectivity index (χ3n) is 1.41. The van der Waals surface area contributed by atoms with Gasteiger partial charge >= 0.3 is 0 Å². The van der Waals surface area contributed by atoms with Crippen LogP contribution in [0, 0.1) is 6.92 Å². The molecular formula is C12H18O. The fourth-order valence-corrected chi connectivity index (χ4v) is 0.816. The highest BCUT2D eigenvalue weighted by Crippen LogP contribution is 2.06. The molecule has 0 fully saturated rings. The molecule has 0 saturated carbocycles. The molecule has 1 rings (SSSR count). The van der Waals surface area contributed by atoms with Gasteiger partial charge in [0.15, 0.2) is 0 Å². The van der Waals surface area contributed by atoms with Crippen molar-refractivity contribution in [3.05, 3.63) is 42.0 Å². The van der Waals surface area contributed by atoms with Crippen molar-refractivity contribution in [1.82, 2.24) is 0 Å². The van der Waals surface area contributed by atoms with E-state index in [9.17, 15) is 0 Å². The molecule has 1 heteroatoms. The number of hydrogen-bond acceptors (Lipinski definition) is 1. The van der Waals surface area contributed by atoms with Gasteiger partial charge in [-0.2, -0.15) is 0 Å². The van der Waals surface area contributed by atoms with Gasteiger partial charge in [-0.25, -0.2) is 0 Å². The zero-order valence-electron chi connectivity index (χ0n) is 8.62. The van der Waals surface area contributed by atoms with E-state index in [1.54, 1.807) is 13.8 Å². The van der Waals surface area contributed by atoms with E-state index in [2.05, 4.69) is 25.6 Å². The lowest BCUT2D eigenvalue weighted by atomic mass is 10.1. The molecule has 1 aromatic rings. The number of benzene rings is 1. The molecule has 0 atom stereocenters. The molecule has 0 spiro atoms. The maximum atomic E-state index is 8.06. The fourth-order valence-electron chi connectivity index (χ4n) is 0.816. The molecule has 0 aliphatic rings. The highest BCUT2D eigenvalue weighted by molar-refractivity contribution is 5.50. The maximum Gasteiger partial charge on any atom is 0.0483 e. The Balaban J connectivity index is 0.000000310. The van der Waals surface area contributed by atoms with E-state index < -0.39 is 0 Å². The molecule has 1 aromatic carbocycles. The van der Waals surface area contributed by atoms with Crippen LogP contribution in [0.15, 0.2) is 30.8 Å². The van der Waals surface area contributed by atoms with Crippen LogP contribution in [0.25, 0.3) is 6.08 Å². The van der Waals surface area contributed by atoms with Crippen molar-refractivity contribution in [2.45, 2.75) is 26.9 Å². The van der Waals surface area contributed by atoms with Crippen LogP contribution < -0.4 is 0 Å². The Morgan fingerprint density at radius 2 is 1.77 bits per heavy atom. The summed E-state index contributed by atoms with van der Waals surface area (Å²) in [6, 6.07) is 8.19. The van der Waals surface area contributed by atoms with Crippen LogP contribution in [0.1, 0.15) is 25.0 Å². The normalized spacial score (nSPS) is 9.00. The van der Waals surface area contributed by atoms with Crippen LogP contribution in [0.2, 0.25) is 0 Å². The minimum atomic E-state index is -0.167. The van der Waals surface area contributed by atoms with Crippen molar-refractivity contribution in [1.29, 1.82) is 0 Å². The van der Waals surface area contributed by atoms with E-state index in [0.717, 1.165) is 0 Å². The number of aliphatic hydroxyl groups excluding tert-OH is 1. The molecule has 13 heavy (non-hydrogen) atoms. The van der Waals surface area contributed by atoms with Gasteiger partial charge in [0, 0.05) is 6.10 Å². The first-order valence-corrected chi connectivity index (χ1v) is 4.44. The van der Waals surface area contributed by atoms with Crippen molar-refractivity contribution < 1.29 is 5.11 Å². The molecule has 0 saturated heterocycles. The third-order valence-corrected chi connectivity index (χ3v) is 1.41. The van der Waals surface area contributed by atoms with Gasteiger partial charge in [-0.05, 0) is 31.9 Å². The van der Waals surface area contributed by atoms with Crippen LogP contribution in [-0.4, -0.2) is 11.2 Å². The molecule has 0 unspecified atom stereocenters. The molecule has 0 aromatic heterocycles. The summed E-state index contributed by atoms with van der Waals surface area (Å²) < 4.78 is 0. The van der Waals surface area contributed by atoms with E-state index in [1.807, 2.05) is 18.2 Å². The lowest BCUT2D eigenvalue weighted by Crippen LogP contribution is -1.85. The Hall–Kier alpha value is -1.08. The van der Waals surface area contributed by atoms with Crippen molar-refractivity contribution in [3.63, 3.8) is 0 Å². The summed E-state index contributed by atoms with van der Waals surface area (Å²) in [7, 11) is 0. The number of aliphatic hydroxyl groups is 1. The van der Waals surface area contributed by atoms with Crippen molar-refractivity contribution in [2.75, 3.05) is 0 Å². The smallest absolute Gasteiger partial charge is 0.0483 e. The van der Waals surface area contributed by atoms with E-state index >= 15 is 0 Å². The summed E-state index contributed by atoms with van der Waals surface area (Å²) in [5.41, 5.74) is 2.50. The molecule has 72 valence electrons. The fraction of sp³-hybridized carbons (Fsp3) is 0.333. The second-order valence-corrected chi connectivity index (χ2v) is 3.15. The van der Waals surface area contributed by atoms with Gasteiger partial charge in [0.05, 0.1) is 0 Å². The van der Waals surface area contributed by atoms with Gasteiger partial charge in [-0.1, -0.05) is 36.9 Å². The minimum Gasteiger partial charge on any atom is -0.394 e. The monoisotopic (exact) mass is 178 g/mol. The summed E-state index contributed by atoms with van der Waals surface area (Å²) in [6.45, 7) is 9.22. The largest absolute Gasteiger partial charge is 0.394 e. The van der Waals surface area contributed by atoms with E-state index in [-0.39, 0.29) is 6.10 Å². The van der Waals surface area contributed by atoms with Gasteiger partial charge in [-0.15, -0.1) is 0 Å². The molecule has 0 radical (unpaired) electrons. The van der Waals surface area contributed by atoms with Gasteiger partial charge < -0.3 is 5.11 Å². The Labute approximate surface area is 80.7 Å². The predicted octanol–water partition coefficient (Wildman–Crippen LogP) is 3.03. The molecule has 0 aliphatic carbocycles. The van der Waals surface area contributed by atoms with Gasteiger partial charge in [0.25, 0.3) is 0 Å². The quantitative estimate of drug-likeness (QED) is 0.700. The Morgan fingerprint density at radius 3 is 2.08 bits per heavy atom. The zero-order chi connectivity index (χ0) is 10.3. The molecule has 0 amide bonds. The minimum absolute atomic E-state index is 0.167. The topological polar surface area (TPSA) is 20.2 Å². The highest BCUT2D eigenvalue weighted by atomic mass is 16.3. The second-order valence-electron chi connectivity index (χ2n) is 3.15. The molecular weight excluding hydrogens is 160 g/mol. The molecule has 1 nitrogen and oxygen atoms in total. The van der Waals surface area contributed by atoms with Crippen LogP contribution in [-0.2, 0) is 0 Å². The van der Waals surface area contributed by atoms with Crippen LogP contribution in [0.5, 0.6) is 0 Å². The third kappa shape index (κ3) is 6.12. The molecule has 0 heterocycles. The van der Waals surface area contributed by atoms with E-state index in [4.69, 9.17) is 5.11 Å². The summed E-state index contributed by atoms with van der Waals surface area (Å²) >= 11 is 0. The van der Waals surface area contributed by atoms with Crippen LogP contribution >= 0.6 is 0 Å². The first-order valence-electron chi connectivity index (χ1n) is 4.44. The number of rotatable bonds is 1. The number of hydrogen-bond donors (Lipinski definition) is 1. The average molecular weight is 178 g/mol. The molecule has 0 aliphatic heterocycles. The molecule has 1 N–H and O–H groups in total. The first kappa shape index (κ1) is 11.9. The van der Waals surface area contributed by atoms with Crippen molar-refractivity contribution in [3.8, 4) is 0 Å². The Bertz CT molecular complexity index is 248. The first-order chi connectivity index (χ1) is 6.07. The SMILES string of the molecule is C=Cc1ccccc1C.CC(C)O. The second kappa shape index (κ2) is 6.44. The van der Waals surface area contributed by atoms with Gasteiger partial charge in [-0.3, -0.25) is 0 Å². The standard InChI is InChI=1S/C9H10.C3H8O/c1-3-9-7-5-4-6-8(9)2;1-3(2)4/h3-7H,1H2,2H3;3-4H,1-2H3. The highest BCUT2D eigenvalue weighted by Gasteiger charge is 1.86. The van der Waals surface area contributed by atoms with Crippen molar-refractivity contribution in [2.24, 2.45) is 0 Å². The summed E-state index contributed by atoms with van der Waals surface area (Å²) in [5.74, 6) is 0. The number of aryl methyl sites for hydroxylation is 1. The van der Waals surface area contributed by atoms with E-state index in [1.165, 1.54) is 11.1 Å². The summed E-state index contributed by atoms with van der Waals surface area (Å²) in [4.78, 5) is 0. The summed E-state index contributed by atoms with van der Waals surface area (Å²) in [5, 5.41) is 8.06. The van der Waals surface area contributed by atoms with Crippen LogP contribution in [0.4, 0.5) is 0 Å².